The maximum absolute atomic E-state index is 11.9. The number of aromatic nitrogens is 2. The second-order valence-corrected chi connectivity index (χ2v) is 6.50. The van der Waals surface area contributed by atoms with Gasteiger partial charge in [0.15, 0.2) is 0 Å². The summed E-state index contributed by atoms with van der Waals surface area (Å²) in [6.07, 6.45) is 4.43. The highest BCUT2D eigenvalue weighted by Crippen LogP contribution is 2.14. The van der Waals surface area contributed by atoms with Crippen LogP contribution in [0.25, 0.3) is 0 Å². The molecule has 8 nitrogen and oxygen atoms in total. The fraction of sp³-hybridized carbons (Fsp3) is 0.545. The molecule has 2 rings (SSSR count). The minimum atomic E-state index is -3.49. The van der Waals surface area contributed by atoms with E-state index in [1.807, 2.05) is 4.90 Å². The lowest BCUT2D eigenvalue weighted by Crippen LogP contribution is -2.49. The van der Waals surface area contributed by atoms with Crippen LogP contribution >= 0.6 is 0 Å². The van der Waals surface area contributed by atoms with Gasteiger partial charge in [-0.15, -0.1) is 0 Å². The van der Waals surface area contributed by atoms with Crippen molar-refractivity contribution < 1.29 is 18.3 Å². The summed E-state index contributed by atoms with van der Waals surface area (Å²) in [5.74, 6) is -0.741. The Hall–Kier alpha value is -1.74. The van der Waals surface area contributed by atoms with Crippen molar-refractivity contribution in [1.82, 2.24) is 14.3 Å². The van der Waals surface area contributed by atoms with Crippen LogP contribution in [0.15, 0.2) is 18.6 Å². The number of aliphatic carboxylic acids is 1. The first kappa shape index (κ1) is 14.7. The number of anilines is 1. The first-order valence-electron chi connectivity index (χ1n) is 6.19. The van der Waals surface area contributed by atoms with Gasteiger partial charge in [-0.3, -0.25) is 9.78 Å². The van der Waals surface area contributed by atoms with Gasteiger partial charge in [-0.2, -0.15) is 4.31 Å². The molecular formula is C11H16N4O4S. The third-order valence-corrected chi connectivity index (χ3v) is 4.95. The molecule has 1 aromatic heterocycles. The lowest BCUT2D eigenvalue weighted by atomic mass is 10.3. The highest BCUT2D eigenvalue weighted by atomic mass is 32.2. The number of carboxylic acid groups (broad SMARTS) is 1. The van der Waals surface area contributed by atoms with Crippen molar-refractivity contribution in [3.8, 4) is 0 Å². The van der Waals surface area contributed by atoms with E-state index in [1.165, 1.54) is 4.31 Å². The molecule has 1 fully saturated rings. The molecule has 1 aliphatic rings. The number of carbonyl (C=O) groups is 1. The van der Waals surface area contributed by atoms with Crippen molar-refractivity contribution in [2.45, 2.75) is 6.42 Å². The van der Waals surface area contributed by atoms with Crippen LogP contribution in [0.3, 0.4) is 0 Å². The molecule has 1 saturated heterocycles. The standard InChI is InChI=1S/C11H16N4O4S/c16-11(17)1-8-20(18,19)15-6-4-14(5-7-15)10-9-12-2-3-13-10/h2-3,9H,1,4-8H2,(H,16,17). The normalized spacial score (nSPS) is 17.1. The third-order valence-electron chi connectivity index (χ3n) is 3.08. The van der Waals surface area contributed by atoms with E-state index in [-0.39, 0.29) is 12.2 Å². The second kappa shape index (κ2) is 6.14. The number of hydrogen-bond donors (Lipinski definition) is 1. The van der Waals surface area contributed by atoms with Crippen LogP contribution in [-0.4, -0.2) is 65.7 Å². The van der Waals surface area contributed by atoms with Crippen LogP contribution in [-0.2, 0) is 14.8 Å². The zero-order valence-electron chi connectivity index (χ0n) is 10.8. The molecule has 0 saturated carbocycles. The van der Waals surface area contributed by atoms with Crippen molar-refractivity contribution in [1.29, 1.82) is 0 Å². The van der Waals surface area contributed by atoms with E-state index in [1.54, 1.807) is 18.6 Å². The van der Waals surface area contributed by atoms with Crippen molar-refractivity contribution in [3.63, 3.8) is 0 Å². The number of hydrogen-bond acceptors (Lipinski definition) is 6. The summed E-state index contributed by atoms with van der Waals surface area (Å²) in [6.45, 7) is 1.70. The van der Waals surface area contributed by atoms with Crippen molar-refractivity contribution in [2.24, 2.45) is 0 Å². The molecular weight excluding hydrogens is 284 g/mol. The Morgan fingerprint density at radius 3 is 2.50 bits per heavy atom. The minimum Gasteiger partial charge on any atom is -0.481 e. The summed E-state index contributed by atoms with van der Waals surface area (Å²) in [4.78, 5) is 20.6. The zero-order valence-corrected chi connectivity index (χ0v) is 11.7. The second-order valence-electron chi connectivity index (χ2n) is 4.41. The predicted octanol–water partition coefficient (Wildman–Crippen LogP) is -0.597. The van der Waals surface area contributed by atoms with Gasteiger partial charge in [0.2, 0.25) is 10.0 Å². The quantitative estimate of drug-likeness (QED) is 0.774. The third kappa shape index (κ3) is 3.64. The molecule has 1 aromatic rings. The zero-order chi connectivity index (χ0) is 14.6. The molecule has 20 heavy (non-hydrogen) atoms. The maximum atomic E-state index is 11.9. The smallest absolute Gasteiger partial charge is 0.304 e. The molecule has 0 atom stereocenters. The Kier molecular flexibility index (Phi) is 4.50. The first-order valence-corrected chi connectivity index (χ1v) is 7.80. The van der Waals surface area contributed by atoms with Crippen LogP contribution in [0.4, 0.5) is 5.82 Å². The average Bonchev–Trinajstić information content (AvgIpc) is 2.46. The molecule has 2 heterocycles. The fourth-order valence-corrected chi connectivity index (χ4v) is 3.41. The Balaban J connectivity index is 1.92. The van der Waals surface area contributed by atoms with Gasteiger partial charge in [0, 0.05) is 38.6 Å². The molecule has 1 aliphatic heterocycles. The van der Waals surface area contributed by atoms with Gasteiger partial charge < -0.3 is 10.0 Å². The summed E-state index contributed by atoms with van der Waals surface area (Å²) in [5, 5.41) is 8.56. The molecule has 0 bridgehead atoms. The van der Waals surface area contributed by atoms with Crippen LogP contribution in [0.2, 0.25) is 0 Å². The summed E-state index contributed by atoms with van der Waals surface area (Å²) in [6, 6.07) is 0. The molecule has 1 N–H and O–H groups in total. The van der Waals surface area contributed by atoms with Gasteiger partial charge in [-0.1, -0.05) is 0 Å². The van der Waals surface area contributed by atoms with Gasteiger partial charge in [-0.25, -0.2) is 13.4 Å². The number of sulfonamides is 1. The van der Waals surface area contributed by atoms with E-state index in [0.29, 0.717) is 26.2 Å². The predicted molar refractivity (Wildman–Crippen MR) is 71.9 cm³/mol. The van der Waals surface area contributed by atoms with E-state index in [9.17, 15) is 13.2 Å². The van der Waals surface area contributed by atoms with Crippen LogP contribution in [0, 0.1) is 0 Å². The Labute approximate surface area is 117 Å². The summed E-state index contributed by atoms with van der Waals surface area (Å²) in [5.41, 5.74) is 0. The van der Waals surface area contributed by atoms with E-state index in [0.717, 1.165) is 5.82 Å². The molecule has 0 radical (unpaired) electrons. The Bertz CT molecular complexity index is 555. The lowest BCUT2D eigenvalue weighted by Gasteiger charge is -2.34. The monoisotopic (exact) mass is 300 g/mol. The van der Waals surface area contributed by atoms with Gasteiger partial charge in [0.05, 0.1) is 18.4 Å². The molecule has 0 aromatic carbocycles. The Morgan fingerprint density at radius 2 is 1.95 bits per heavy atom. The number of carboxylic acids is 1. The van der Waals surface area contributed by atoms with Crippen LogP contribution in [0.5, 0.6) is 0 Å². The van der Waals surface area contributed by atoms with Crippen molar-refractivity contribution in [2.75, 3.05) is 36.8 Å². The Morgan fingerprint density at radius 1 is 1.25 bits per heavy atom. The summed E-state index contributed by atoms with van der Waals surface area (Å²) in [7, 11) is -3.49. The molecule has 0 spiro atoms. The molecule has 0 unspecified atom stereocenters. The average molecular weight is 300 g/mol. The highest BCUT2D eigenvalue weighted by Gasteiger charge is 2.27. The van der Waals surface area contributed by atoms with Gasteiger partial charge in [0.25, 0.3) is 0 Å². The minimum absolute atomic E-state index is 0.332. The molecule has 0 amide bonds. The topological polar surface area (TPSA) is 104 Å². The SMILES string of the molecule is O=C(O)CCS(=O)(=O)N1CCN(c2cnccn2)CC1. The van der Waals surface area contributed by atoms with E-state index < -0.39 is 16.0 Å². The number of rotatable bonds is 5. The lowest BCUT2D eigenvalue weighted by molar-refractivity contribution is -0.136. The van der Waals surface area contributed by atoms with Crippen LogP contribution in [0.1, 0.15) is 6.42 Å². The van der Waals surface area contributed by atoms with E-state index in [4.69, 9.17) is 5.11 Å². The molecule has 0 aliphatic carbocycles. The van der Waals surface area contributed by atoms with Gasteiger partial charge in [0.1, 0.15) is 5.82 Å². The first-order chi connectivity index (χ1) is 9.49. The van der Waals surface area contributed by atoms with Gasteiger partial charge >= 0.3 is 5.97 Å². The summed E-state index contributed by atoms with van der Waals surface area (Å²) < 4.78 is 25.2. The van der Waals surface area contributed by atoms with Gasteiger partial charge in [-0.05, 0) is 0 Å². The van der Waals surface area contributed by atoms with E-state index in [2.05, 4.69) is 9.97 Å². The highest BCUT2D eigenvalue weighted by molar-refractivity contribution is 7.89. The maximum Gasteiger partial charge on any atom is 0.304 e. The van der Waals surface area contributed by atoms with Crippen molar-refractivity contribution in [3.05, 3.63) is 18.6 Å². The van der Waals surface area contributed by atoms with Crippen LogP contribution < -0.4 is 4.90 Å². The summed E-state index contributed by atoms with van der Waals surface area (Å²) >= 11 is 0. The fourth-order valence-electron chi connectivity index (χ4n) is 2.00. The molecule has 9 heteroatoms. The number of nitrogens with zero attached hydrogens (tertiary/aromatic N) is 4. The largest absolute Gasteiger partial charge is 0.481 e. The van der Waals surface area contributed by atoms with Crippen molar-refractivity contribution >= 4 is 21.8 Å². The molecule has 110 valence electrons. The van der Waals surface area contributed by atoms with E-state index >= 15 is 0 Å². The number of piperazine rings is 1.